The molecule has 2 heterocycles. The Morgan fingerprint density at radius 3 is 2.81 bits per heavy atom. The third kappa shape index (κ3) is 4.86. The molecule has 0 saturated carbocycles. The van der Waals surface area contributed by atoms with Gasteiger partial charge in [0.05, 0.1) is 11.9 Å². The summed E-state index contributed by atoms with van der Waals surface area (Å²) in [6, 6.07) is 3.97. The van der Waals surface area contributed by atoms with Gasteiger partial charge in [-0.2, -0.15) is 5.10 Å². The maximum absolute atomic E-state index is 5.89. The van der Waals surface area contributed by atoms with E-state index in [0.717, 1.165) is 35.8 Å². The lowest BCUT2D eigenvalue weighted by Crippen LogP contribution is -2.20. The first-order valence-electron chi connectivity index (χ1n) is 7.32. The van der Waals surface area contributed by atoms with Crippen molar-refractivity contribution in [3.05, 3.63) is 41.5 Å². The van der Waals surface area contributed by atoms with Crippen LogP contribution in [0.15, 0.2) is 24.5 Å². The monoisotopic (exact) mass is 288 g/mol. The molecule has 21 heavy (non-hydrogen) atoms. The molecule has 0 unspecified atom stereocenters. The van der Waals surface area contributed by atoms with E-state index in [1.807, 2.05) is 38.5 Å². The summed E-state index contributed by atoms with van der Waals surface area (Å²) >= 11 is 0. The van der Waals surface area contributed by atoms with E-state index >= 15 is 0 Å². The van der Waals surface area contributed by atoms with Crippen LogP contribution in [0.25, 0.3) is 0 Å². The minimum Gasteiger partial charge on any atom is -0.487 e. The van der Waals surface area contributed by atoms with E-state index in [4.69, 9.17) is 4.74 Å². The number of nitrogens with zero attached hydrogens (tertiary/aromatic N) is 3. The SMILES string of the molecule is Cc1ccc(OCc2cnn(C)c2)c(CNCC(C)C)n1. The summed E-state index contributed by atoms with van der Waals surface area (Å²) in [6.07, 6.45) is 3.77. The van der Waals surface area contributed by atoms with Crippen LogP contribution in [0.5, 0.6) is 5.75 Å². The highest BCUT2D eigenvalue weighted by Gasteiger charge is 2.07. The first-order valence-corrected chi connectivity index (χ1v) is 7.32. The van der Waals surface area contributed by atoms with Crippen LogP contribution < -0.4 is 10.1 Å². The van der Waals surface area contributed by atoms with Gasteiger partial charge in [0.15, 0.2) is 0 Å². The van der Waals surface area contributed by atoms with Gasteiger partial charge in [-0.3, -0.25) is 9.67 Å². The maximum Gasteiger partial charge on any atom is 0.142 e. The standard InChI is InChI=1S/C16H24N4O/c1-12(2)7-17-9-15-16(6-5-13(3)19-15)21-11-14-8-18-20(4)10-14/h5-6,8,10,12,17H,7,9,11H2,1-4H3. The Labute approximate surface area is 126 Å². The second-order valence-electron chi connectivity index (χ2n) is 5.73. The number of ether oxygens (including phenoxy) is 1. The fourth-order valence-corrected chi connectivity index (χ4v) is 2.04. The molecule has 0 aliphatic carbocycles. The molecule has 0 spiro atoms. The minimum absolute atomic E-state index is 0.510. The Morgan fingerprint density at radius 1 is 1.33 bits per heavy atom. The van der Waals surface area contributed by atoms with Crippen LogP contribution in [0.2, 0.25) is 0 Å². The van der Waals surface area contributed by atoms with E-state index < -0.39 is 0 Å². The van der Waals surface area contributed by atoms with Gasteiger partial charge in [0.25, 0.3) is 0 Å². The molecular weight excluding hydrogens is 264 g/mol. The van der Waals surface area contributed by atoms with Crippen molar-refractivity contribution in [1.82, 2.24) is 20.1 Å². The fourth-order valence-electron chi connectivity index (χ4n) is 2.04. The van der Waals surface area contributed by atoms with Crippen molar-refractivity contribution in [2.24, 2.45) is 13.0 Å². The van der Waals surface area contributed by atoms with Gasteiger partial charge in [-0.15, -0.1) is 0 Å². The zero-order valence-electron chi connectivity index (χ0n) is 13.3. The van der Waals surface area contributed by atoms with Crippen LogP contribution in [0.1, 0.15) is 30.8 Å². The van der Waals surface area contributed by atoms with Gasteiger partial charge in [0.1, 0.15) is 12.4 Å². The average Bonchev–Trinajstić information content (AvgIpc) is 2.83. The summed E-state index contributed by atoms with van der Waals surface area (Å²) < 4.78 is 7.67. The van der Waals surface area contributed by atoms with Gasteiger partial charge in [-0.05, 0) is 31.5 Å². The predicted octanol–water partition coefficient (Wildman–Crippen LogP) is 2.45. The molecule has 2 aromatic heterocycles. The number of hydrogen-bond acceptors (Lipinski definition) is 4. The van der Waals surface area contributed by atoms with E-state index in [2.05, 4.69) is 29.2 Å². The Hall–Kier alpha value is -1.88. The molecule has 0 aliphatic heterocycles. The van der Waals surface area contributed by atoms with E-state index in [0.29, 0.717) is 12.5 Å². The second-order valence-corrected chi connectivity index (χ2v) is 5.73. The summed E-state index contributed by atoms with van der Waals surface area (Å²) in [7, 11) is 1.90. The molecule has 0 saturated heterocycles. The molecule has 5 heteroatoms. The molecule has 0 radical (unpaired) electrons. The number of aryl methyl sites for hydroxylation is 2. The normalized spacial score (nSPS) is 11.1. The van der Waals surface area contributed by atoms with E-state index in [-0.39, 0.29) is 0 Å². The molecule has 0 atom stereocenters. The van der Waals surface area contributed by atoms with E-state index in [1.165, 1.54) is 0 Å². The summed E-state index contributed by atoms with van der Waals surface area (Å²) in [5, 5.41) is 7.56. The summed E-state index contributed by atoms with van der Waals surface area (Å²) in [4.78, 5) is 4.58. The lowest BCUT2D eigenvalue weighted by Gasteiger charge is -2.12. The number of nitrogens with one attached hydrogen (secondary N) is 1. The maximum atomic E-state index is 5.89. The highest BCUT2D eigenvalue weighted by Crippen LogP contribution is 2.18. The average molecular weight is 288 g/mol. The summed E-state index contributed by atoms with van der Waals surface area (Å²) in [5.74, 6) is 1.45. The largest absolute Gasteiger partial charge is 0.487 e. The predicted molar refractivity (Wildman–Crippen MR) is 83.1 cm³/mol. The van der Waals surface area contributed by atoms with Crippen LogP contribution >= 0.6 is 0 Å². The van der Waals surface area contributed by atoms with Gasteiger partial charge >= 0.3 is 0 Å². The van der Waals surface area contributed by atoms with Crippen LogP contribution in [-0.2, 0) is 20.2 Å². The lowest BCUT2D eigenvalue weighted by molar-refractivity contribution is 0.299. The van der Waals surface area contributed by atoms with Crippen LogP contribution in [-0.4, -0.2) is 21.3 Å². The van der Waals surface area contributed by atoms with E-state index in [9.17, 15) is 0 Å². The topological polar surface area (TPSA) is 52.0 Å². The van der Waals surface area contributed by atoms with Crippen molar-refractivity contribution in [2.75, 3.05) is 6.54 Å². The second kappa shape index (κ2) is 7.22. The minimum atomic E-state index is 0.510. The van der Waals surface area contributed by atoms with Crippen molar-refractivity contribution in [1.29, 1.82) is 0 Å². The Balaban J connectivity index is 2.00. The van der Waals surface area contributed by atoms with E-state index in [1.54, 1.807) is 4.68 Å². The fraction of sp³-hybridized carbons (Fsp3) is 0.500. The van der Waals surface area contributed by atoms with Crippen molar-refractivity contribution in [3.8, 4) is 5.75 Å². The van der Waals surface area contributed by atoms with Gasteiger partial charge in [0.2, 0.25) is 0 Å². The summed E-state index contributed by atoms with van der Waals surface area (Å²) in [6.45, 7) is 8.58. The van der Waals surface area contributed by atoms with Crippen molar-refractivity contribution in [2.45, 2.75) is 33.9 Å². The van der Waals surface area contributed by atoms with Crippen molar-refractivity contribution < 1.29 is 4.74 Å². The Bertz CT molecular complexity index is 577. The summed E-state index contributed by atoms with van der Waals surface area (Å²) in [5.41, 5.74) is 3.02. The van der Waals surface area contributed by atoms with Crippen molar-refractivity contribution in [3.63, 3.8) is 0 Å². The Kier molecular flexibility index (Phi) is 5.33. The molecule has 0 aromatic carbocycles. The molecule has 0 fully saturated rings. The third-order valence-corrected chi connectivity index (χ3v) is 3.07. The van der Waals surface area contributed by atoms with Gasteiger partial charge in [0, 0.05) is 31.0 Å². The third-order valence-electron chi connectivity index (χ3n) is 3.07. The molecule has 0 bridgehead atoms. The molecule has 0 amide bonds. The van der Waals surface area contributed by atoms with Crippen LogP contribution in [0.4, 0.5) is 0 Å². The zero-order chi connectivity index (χ0) is 15.2. The van der Waals surface area contributed by atoms with Gasteiger partial charge < -0.3 is 10.1 Å². The molecule has 2 aromatic rings. The molecule has 5 nitrogen and oxygen atoms in total. The number of hydrogen-bond donors (Lipinski definition) is 1. The van der Waals surface area contributed by atoms with Crippen LogP contribution in [0.3, 0.4) is 0 Å². The number of aromatic nitrogens is 3. The van der Waals surface area contributed by atoms with Crippen LogP contribution in [0, 0.1) is 12.8 Å². The van der Waals surface area contributed by atoms with Crippen molar-refractivity contribution >= 4 is 0 Å². The number of pyridine rings is 1. The quantitative estimate of drug-likeness (QED) is 0.850. The zero-order valence-corrected chi connectivity index (χ0v) is 13.3. The molecular formula is C16H24N4O. The lowest BCUT2D eigenvalue weighted by atomic mass is 10.2. The smallest absolute Gasteiger partial charge is 0.142 e. The highest BCUT2D eigenvalue weighted by molar-refractivity contribution is 5.29. The first kappa shape index (κ1) is 15.5. The highest BCUT2D eigenvalue weighted by atomic mass is 16.5. The molecule has 114 valence electrons. The molecule has 0 aliphatic rings. The molecule has 2 rings (SSSR count). The Morgan fingerprint density at radius 2 is 2.14 bits per heavy atom. The first-order chi connectivity index (χ1) is 10.0. The molecule has 1 N–H and O–H groups in total. The number of rotatable bonds is 7. The van der Waals surface area contributed by atoms with Gasteiger partial charge in [-0.1, -0.05) is 13.8 Å². The van der Waals surface area contributed by atoms with Gasteiger partial charge in [-0.25, -0.2) is 0 Å².